The Hall–Kier alpha value is -1.88. The molecule has 2 rings (SSSR count). The van der Waals surface area contributed by atoms with Crippen LogP contribution in [0.25, 0.3) is 0 Å². The van der Waals surface area contributed by atoms with Gasteiger partial charge in [0.15, 0.2) is 0 Å². The van der Waals surface area contributed by atoms with Crippen LogP contribution < -0.4 is 5.32 Å². The van der Waals surface area contributed by atoms with Crippen LogP contribution in [0.5, 0.6) is 0 Å². The summed E-state index contributed by atoms with van der Waals surface area (Å²) in [7, 11) is 0. The van der Waals surface area contributed by atoms with Crippen LogP contribution in [0.15, 0.2) is 33.6 Å². The van der Waals surface area contributed by atoms with Gasteiger partial charge in [-0.3, -0.25) is 0 Å². The van der Waals surface area contributed by atoms with Crippen molar-refractivity contribution in [3.05, 3.63) is 46.9 Å². The van der Waals surface area contributed by atoms with Crippen molar-refractivity contribution in [3.8, 4) is 0 Å². The van der Waals surface area contributed by atoms with E-state index in [1.54, 1.807) is 6.07 Å². The zero-order valence-electron chi connectivity index (χ0n) is 12.6. The number of thioether (sulfide) groups is 1. The number of rotatable bonds is 5. The fourth-order valence-corrected chi connectivity index (χ4v) is 3.05. The van der Waals surface area contributed by atoms with Crippen LogP contribution in [0, 0.1) is 13.8 Å². The highest BCUT2D eigenvalue weighted by Crippen LogP contribution is 2.31. The number of anilines is 1. The van der Waals surface area contributed by atoms with E-state index in [2.05, 4.69) is 5.32 Å². The van der Waals surface area contributed by atoms with Crippen LogP contribution in [0.1, 0.15) is 40.4 Å². The molecule has 0 aliphatic carbocycles. The Bertz CT molecular complexity index is 664. The topological polar surface area (TPSA) is 62.5 Å². The number of furan rings is 1. The van der Waals surface area contributed by atoms with Gasteiger partial charge in [-0.25, -0.2) is 4.79 Å². The quantitative estimate of drug-likeness (QED) is 0.797. The van der Waals surface area contributed by atoms with Crippen molar-refractivity contribution in [1.29, 1.82) is 0 Å². The molecular formula is C16H19NO3S. The number of hydrogen-bond donors (Lipinski definition) is 2. The second kappa shape index (κ2) is 6.26. The van der Waals surface area contributed by atoms with Gasteiger partial charge in [0.1, 0.15) is 11.5 Å². The lowest BCUT2D eigenvalue weighted by Crippen LogP contribution is -2.11. The van der Waals surface area contributed by atoms with Crippen molar-refractivity contribution in [3.63, 3.8) is 0 Å². The van der Waals surface area contributed by atoms with Crippen LogP contribution in [-0.2, 0) is 0 Å². The summed E-state index contributed by atoms with van der Waals surface area (Å²) in [6.07, 6.45) is 1.87. The molecule has 1 atom stereocenters. The maximum Gasteiger partial charge on any atom is 0.338 e. The van der Waals surface area contributed by atoms with Crippen molar-refractivity contribution < 1.29 is 14.3 Å². The maximum atomic E-state index is 11.5. The van der Waals surface area contributed by atoms with Gasteiger partial charge in [-0.2, -0.15) is 0 Å². The van der Waals surface area contributed by atoms with E-state index in [-0.39, 0.29) is 6.04 Å². The number of carboxylic acid groups (broad SMARTS) is 1. The van der Waals surface area contributed by atoms with Gasteiger partial charge in [0.25, 0.3) is 0 Å². The lowest BCUT2D eigenvalue weighted by Gasteiger charge is -2.18. The molecule has 0 aliphatic heterocycles. The van der Waals surface area contributed by atoms with Crippen molar-refractivity contribution >= 4 is 23.4 Å². The van der Waals surface area contributed by atoms with Gasteiger partial charge in [0.2, 0.25) is 0 Å². The molecule has 0 saturated heterocycles. The first-order chi connectivity index (χ1) is 9.93. The number of hydrogen-bond acceptors (Lipinski definition) is 4. The van der Waals surface area contributed by atoms with Crippen LogP contribution in [-0.4, -0.2) is 17.3 Å². The lowest BCUT2D eigenvalue weighted by molar-refractivity contribution is 0.0694. The van der Waals surface area contributed by atoms with E-state index >= 15 is 0 Å². The summed E-state index contributed by atoms with van der Waals surface area (Å²) in [4.78, 5) is 12.3. The molecular weight excluding hydrogens is 286 g/mol. The van der Waals surface area contributed by atoms with E-state index in [4.69, 9.17) is 4.42 Å². The molecule has 112 valence electrons. The van der Waals surface area contributed by atoms with E-state index < -0.39 is 5.97 Å². The highest BCUT2D eigenvalue weighted by Gasteiger charge is 2.18. The second-order valence-electron chi connectivity index (χ2n) is 4.92. The predicted octanol–water partition coefficient (Wildman–Crippen LogP) is 4.49. The Morgan fingerprint density at radius 3 is 2.62 bits per heavy atom. The summed E-state index contributed by atoms with van der Waals surface area (Å²) in [6, 6.07) is 7.42. The van der Waals surface area contributed by atoms with E-state index in [1.165, 1.54) is 11.8 Å². The molecule has 0 amide bonds. The number of carboxylic acids is 1. The molecule has 1 aromatic heterocycles. The monoisotopic (exact) mass is 305 g/mol. The van der Waals surface area contributed by atoms with Crippen molar-refractivity contribution in [2.24, 2.45) is 0 Å². The Balaban J connectivity index is 2.35. The molecule has 0 aliphatic rings. The molecule has 0 radical (unpaired) electrons. The summed E-state index contributed by atoms with van der Waals surface area (Å²) in [5.41, 5.74) is 1.98. The van der Waals surface area contributed by atoms with Crippen molar-refractivity contribution in [2.45, 2.75) is 31.7 Å². The Morgan fingerprint density at radius 2 is 2.10 bits per heavy atom. The Morgan fingerprint density at radius 1 is 1.38 bits per heavy atom. The largest absolute Gasteiger partial charge is 0.478 e. The SMILES string of the molecule is CSc1cccc(NC(C)c2cc(C)oc2C)c1C(=O)O. The fourth-order valence-electron chi connectivity index (χ4n) is 2.43. The average Bonchev–Trinajstić information content (AvgIpc) is 2.77. The first-order valence-corrected chi connectivity index (χ1v) is 7.90. The van der Waals surface area contributed by atoms with E-state index in [9.17, 15) is 9.90 Å². The number of benzene rings is 1. The minimum atomic E-state index is -0.922. The van der Waals surface area contributed by atoms with Gasteiger partial charge in [0, 0.05) is 10.5 Å². The van der Waals surface area contributed by atoms with Crippen LogP contribution in [0.3, 0.4) is 0 Å². The van der Waals surface area contributed by atoms with Gasteiger partial charge in [-0.05, 0) is 45.2 Å². The van der Waals surface area contributed by atoms with Crippen molar-refractivity contribution in [1.82, 2.24) is 0 Å². The number of aryl methyl sites for hydroxylation is 2. The molecule has 1 heterocycles. The first kappa shape index (κ1) is 15.5. The summed E-state index contributed by atoms with van der Waals surface area (Å²) >= 11 is 1.43. The molecule has 1 unspecified atom stereocenters. The molecule has 2 N–H and O–H groups in total. The van der Waals surface area contributed by atoms with E-state index in [0.717, 1.165) is 22.0 Å². The predicted molar refractivity (Wildman–Crippen MR) is 85.4 cm³/mol. The molecule has 21 heavy (non-hydrogen) atoms. The smallest absolute Gasteiger partial charge is 0.338 e. The number of carbonyl (C=O) groups is 1. The summed E-state index contributed by atoms with van der Waals surface area (Å²) in [6.45, 7) is 5.81. The van der Waals surface area contributed by atoms with Gasteiger partial charge >= 0.3 is 5.97 Å². The molecule has 1 aromatic carbocycles. The van der Waals surface area contributed by atoms with Gasteiger partial charge in [-0.15, -0.1) is 11.8 Å². The van der Waals surface area contributed by atoms with Gasteiger partial charge < -0.3 is 14.8 Å². The average molecular weight is 305 g/mol. The van der Waals surface area contributed by atoms with Crippen LogP contribution >= 0.6 is 11.8 Å². The molecule has 2 aromatic rings. The zero-order chi connectivity index (χ0) is 15.6. The summed E-state index contributed by atoms with van der Waals surface area (Å²) in [5.74, 6) is 0.785. The highest BCUT2D eigenvalue weighted by molar-refractivity contribution is 7.98. The van der Waals surface area contributed by atoms with E-state index in [1.807, 2.05) is 45.2 Å². The molecule has 0 fully saturated rings. The molecule has 5 heteroatoms. The summed E-state index contributed by atoms with van der Waals surface area (Å²) < 4.78 is 5.54. The third-order valence-electron chi connectivity index (χ3n) is 3.38. The standard InChI is InChI=1S/C16H19NO3S/c1-9-8-12(11(3)20-9)10(2)17-13-6-5-7-14(21-4)15(13)16(18)19/h5-8,10,17H,1-4H3,(H,18,19). The fraction of sp³-hybridized carbons (Fsp3) is 0.312. The van der Waals surface area contributed by atoms with Crippen LogP contribution in [0.4, 0.5) is 5.69 Å². The second-order valence-corrected chi connectivity index (χ2v) is 5.77. The number of aromatic carboxylic acids is 1. The molecule has 0 spiro atoms. The minimum absolute atomic E-state index is 0.0299. The maximum absolute atomic E-state index is 11.5. The van der Waals surface area contributed by atoms with Crippen molar-refractivity contribution in [2.75, 3.05) is 11.6 Å². The Labute approximate surface area is 128 Å². The molecule has 0 bridgehead atoms. The van der Waals surface area contributed by atoms with Gasteiger partial charge in [-0.1, -0.05) is 6.07 Å². The highest BCUT2D eigenvalue weighted by atomic mass is 32.2. The summed E-state index contributed by atoms with van der Waals surface area (Å²) in [5, 5.41) is 12.7. The van der Waals surface area contributed by atoms with E-state index in [0.29, 0.717) is 11.3 Å². The Kier molecular flexibility index (Phi) is 4.63. The third-order valence-corrected chi connectivity index (χ3v) is 4.16. The molecule has 4 nitrogen and oxygen atoms in total. The zero-order valence-corrected chi connectivity index (χ0v) is 13.4. The lowest BCUT2D eigenvalue weighted by atomic mass is 10.1. The van der Waals surface area contributed by atoms with Crippen LogP contribution in [0.2, 0.25) is 0 Å². The van der Waals surface area contributed by atoms with Gasteiger partial charge in [0.05, 0.1) is 17.3 Å². The molecule has 0 saturated carbocycles. The first-order valence-electron chi connectivity index (χ1n) is 6.67. The third kappa shape index (κ3) is 3.24. The minimum Gasteiger partial charge on any atom is -0.478 e. The normalized spacial score (nSPS) is 12.2. The number of nitrogens with one attached hydrogen (secondary N) is 1.